The van der Waals surface area contributed by atoms with Gasteiger partial charge in [0.2, 0.25) is 17.6 Å². The lowest BCUT2D eigenvalue weighted by atomic mass is 10.3. The molecule has 9 heteroatoms. The molecular formula is C17H13FN4O3S. The fraction of sp³-hybridized carbons (Fsp3) is 0.176. The maximum Gasteiger partial charge on any atom is 0.227 e. The maximum atomic E-state index is 12.9. The first-order valence-electron chi connectivity index (χ1n) is 7.81. The average Bonchev–Trinajstić information content (AvgIpc) is 3.40. The predicted octanol–water partition coefficient (Wildman–Crippen LogP) is 3.93. The number of hydrogen-bond acceptors (Lipinski definition) is 8. The summed E-state index contributed by atoms with van der Waals surface area (Å²) in [6, 6.07) is 8.04. The third kappa shape index (κ3) is 3.99. The summed E-state index contributed by atoms with van der Waals surface area (Å²) < 4.78 is 28.3. The third-order valence-electron chi connectivity index (χ3n) is 3.49. The third-order valence-corrected chi connectivity index (χ3v) is 4.50. The minimum atomic E-state index is -0.256. The second-order valence-corrected chi connectivity index (χ2v) is 6.42. The van der Waals surface area contributed by atoms with E-state index in [0.29, 0.717) is 42.0 Å². The molecule has 0 spiro atoms. The standard InChI is InChI=1S/C17H13FN4O3S/c18-12-1-3-13(4-2-12)26-10-14-19-15(24-21-14)5-6-16-20-17(22-25-16)11-7-8-23-9-11/h1-4,7-9H,5-6,10H2. The van der Waals surface area contributed by atoms with Gasteiger partial charge in [-0.25, -0.2) is 4.39 Å². The number of aromatic nitrogens is 4. The summed E-state index contributed by atoms with van der Waals surface area (Å²) in [6.07, 6.45) is 4.10. The fourth-order valence-electron chi connectivity index (χ4n) is 2.21. The molecule has 0 unspecified atom stereocenters. The Morgan fingerprint density at radius 2 is 1.69 bits per heavy atom. The highest BCUT2D eigenvalue weighted by Gasteiger charge is 2.12. The lowest BCUT2D eigenvalue weighted by Crippen LogP contribution is -1.92. The van der Waals surface area contributed by atoms with Gasteiger partial charge in [0.05, 0.1) is 17.6 Å². The van der Waals surface area contributed by atoms with E-state index in [4.69, 9.17) is 13.5 Å². The lowest BCUT2D eigenvalue weighted by Gasteiger charge is -1.97. The molecule has 7 nitrogen and oxygen atoms in total. The van der Waals surface area contributed by atoms with Crippen LogP contribution in [-0.2, 0) is 18.6 Å². The largest absolute Gasteiger partial charge is 0.472 e. The molecule has 0 aliphatic carbocycles. The normalized spacial score (nSPS) is 11.1. The average molecular weight is 372 g/mol. The van der Waals surface area contributed by atoms with Gasteiger partial charge in [-0.15, -0.1) is 11.8 Å². The van der Waals surface area contributed by atoms with Crippen LogP contribution in [0.4, 0.5) is 4.39 Å². The molecule has 0 aliphatic heterocycles. The highest BCUT2D eigenvalue weighted by molar-refractivity contribution is 7.98. The van der Waals surface area contributed by atoms with Gasteiger partial charge in [0.1, 0.15) is 12.1 Å². The zero-order valence-corrected chi connectivity index (χ0v) is 14.3. The van der Waals surface area contributed by atoms with Crippen LogP contribution < -0.4 is 0 Å². The van der Waals surface area contributed by atoms with Crippen LogP contribution in [-0.4, -0.2) is 20.3 Å². The molecule has 1 aromatic carbocycles. The topological polar surface area (TPSA) is 91.0 Å². The second kappa shape index (κ2) is 7.52. The van der Waals surface area contributed by atoms with Crippen molar-refractivity contribution in [3.8, 4) is 11.4 Å². The van der Waals surface area contributed by atoms with E-state index in [9.17, 15) is 4.39 Å². The summed E-state index contributed by atoms with van der Waals surface area (Å²) in [5.41, 5.74) is 0.762. The molecule has 4 aromatic rings. The Bertz CT molecular complexity index is 966. The Kier molecular flexibility index (Phi) is 4.78. The van der Waals surface area contributed by atoms with Crippen LogP contribution in [0, 0.1) is 5.82 Å². The molecule has 0 saturated carbocycles. The van der Waals surface area contributed by atoms with E-state index in [1.807, 2.05) is 0 Å². The number of furan rings is 1. The summed E-state index contributed by atoms with van der Waals surface area (Å²) in [5.74, 6) is 2.34. The van der Waals surface area contributed by atoms with E-state index in [-0.39, 0.29) is 5.82 Å². The van der Waals surface area contributed by atoms with Crippen molar-refractivity contribution in [2.45, 2.75) is 23.5 Å². The highest BCUT2D eigenvalue weighted by atomic mass is 32.2. The van der Waals surface area contributed by atoms with Crippen LogP contribution in [0.5, 0.6) is 0 Å². The van der Waals surface area contributed by atoms with Gasteiger partial charge in [0.15, 0.2) is 5.82 Å². The van der Waals surface area contributed by atoms with Crippen molar-refractivity contribution < 1.29 is 17.9 Å². The summed E-state index contributed by atoms with van der Waals surface area (Å²) in [4.78, 5) is 9.57. The first kappa shape index (κ1) is 16.5. The molecule has 0 N–H and O–H groups in total. The summed E-state index contributed by atoms with van der Waals surface area (Å²) in [6.45, 7) is 0. The first-order valence-corrected chi connectivity index (χ1v) is 8.80. The van der Waals surface area contributed by atoms with Crippen LogP contribution >= 0.6 is 11.8 Å². The molecule has 0 fully saturated rings. The maximum absolute atomic E-state index is 12.9. The molecule has 132 valence electrons. The van der Waals surface area contributed by atoms with Crippen LogP contribution in [0.2, 0.25) is 0 Å². The van der Waals surface area contributed by atoms with Crippen molar-refractivity contribution in [3.63, 3.8) is 0 Å². The summed E-state index contributed by atoms with van der Waals surface area (Å²) in [7, 11) is 0. The quantitative estimate of drug-likeness (QED) is 0.451. The molecule has 0 aliphatic rings. The van der Waals surface area contributed by atoms with Crippen LogP contribution in [0.3, 0.4) is 0 Å². The summed E-state index contributed by atoms with van der Waals surface area (Å²) >= 11 is 1.51. The molecule has 0 amide bonds. The number of aryl methyl sites for hydroxylation is 2. The molecule has 0 radical (unpaired) electrons. The van der Waals surface area contributed by atoms with E-state index >= 15 is 0 Å². The van der Waals surface area contributed by atoms with Gasteiger partial charge < -0.3 is 13.5 Å². The Balaban J connectivity index is 1.30. The number of halogens is 1. The van der Waals surface area contributed by atoms with Gasteiger partial charge in [0, 0.05) is 17.7 Å². The second-order valence-electron chi connectivity index (χ2n) is 5.37. The monoisotopic (exact) mass is 372 g/mol. The van der Waals surface area contributed by atoms with Crippen molar-refractivity contribution >= 4 is 11.8 Å². The van der Waals surface area contributed by atoms with Crippen molar-refractivity contribution in [1.82, 2.24) is 20.3 Å². The molecule has 3 aromatic heterocycles. The van der Waals surface area contributed by atoms with E-state index in [0.717, 1.165) is 10.5 Å². The van der Waals surface area contributed by atoms with Gasteiger partial charge in [-0.05, 0) is 30.3 Å². The van der Waals surface area contributed by atoms with E-state index in [1.165, 1.54) is 23.9 Å². The molecule has 3 heterocycles. The van der Waals surface area contributed by atoms with Gasteiger partial charge >= 0.3 is 0 Å². The number of hydrogen-bond donors (Lipinski definition) is 0. The van der Waals surface area contributed by atoms with Crippen molar-refractivity contribution in [1.29, 1.82) is 0 Å². The highest BCUT2D eigenvalue weighted by Crippen LogP contribution is 2.22. The number of benzene rings is 1. The Morgan fingerprint density at radius 1 is 0.923 bits per heavy atom. The van der Waals surface area contributed by atoms with Crippen LogP contribution in [0.1, 0.15) is 17.6 Å². The predicted molar refractivity (Wildman–Crippen MR) is 89.7 cm³/mol. The van der Waals surface area contributed by atoms with Crippen LogP contribution in [0.25, 0.3) is 11.4 Å². The van der Waals surface area contributed by atoms with E-state index in [1.54, 1.807) is 30.7 Å². The molecule has 0 bridgehead atoms. The Morgan fingerprint density at radius 3 is 2.46 bits per heavy atom. The SMILES string of the molecule is Fc1ccc(SCc2noc(CCc3nc(-c4ccoc4)no3)n2)cc1. The van der Waals surface area contributed by atoms with Gasteiger partial charge in [-0.3, -0.25) is 0 Å². The number of rotatable bonds is 7. The minimum absolute atomic E-state index is 0.256. The zero-order valence-electron chi connectivity index (χ0n) is 13.5. The van der Waals surface area contributed by atoms with E-state index < -0.39 is 0 Å². The molecular weight excluding hydrogens is 359 g/mol. The van der Waals surface area contributed by atoms with Crippen molar-refractivity contribution in [2.75, 3.05) is 0 Å². The van der Waals surface area contributed by atoms with Gasteiger partial charge in [-0.2, -0.15) is 9.97 Å². The fourth-order valence-corrected chi connectivity index (χ4v) is 2.95. The number of nitrogens with zero attached hydrogens (tertiary/aromatic N) is 4. The zero-order chi connectivity index (χ0) is 17.8. The Labute approximate surface area is 151 Å². The van der Waals surface area contributed by atoms with Crippen molar-refractivity contribution in [2.24, 2.45) is 0 Å². The first-order chi connectivity index (χ1) is 12.8. The van der Waals surface area contributed by atoms with Gasteiger partial charge in [0.25, 0.3) is 0 Å². The molecule has 26 heavy (non-hydrogen) atoms. The Hall–Kier alpha value is -2.94. The smallest absolute Gasteiger partial charge is 0.227 e. The van der Waals surface area contributed by atoms with E-state index in [2.05, 4.69) is 20.3 Å². The van der Waals surface area contributed by atoms with Gasteiger partial charge in [-0.1, -0.05) is 10.3 Å². The van der Waals surface area contributed by atoms with Crippen molar-refractivity contribution in [3.05, 3.63) is 66.3 Å². The minimum Gasteiger partial charge on any atom is -0.472 e. The number of thioether (sulfide) groups is 1. The summed E-state index contributed by atoms with van der Waals surface area (Å²) in [5, 5.41) is 7.85. The molecule has 0 saturated heterocycles. The molecule has 4 rings (SSSR count). The molecule has 0 atom stereocenters. The lowest BCUT2D eigenvalue weighted by molar-refractivity contribution is 0.352. The van der Waals surface area contributed by atoms with Crippen LogP contribution in [0.15, 0.2) is 61.2 Å².